The van der Waals surface area contributed by atoms with Gasteiger partial charge in [-0.2, -0.15) is 5.26 Å². The zero-order chi connectivity index (χ0) is 15.5. The van der Waals surface area contributed by atoms with Crippen molar-refractivity contribution in [3.63, 3.8) is 0 Å². The average Bonchev–Trinajstić information content (AvgIpc) is 3.18. The van der Waals surface area contributed by atoms with Crippen LogP contribution in [0.2, 0.25) is 0 Å². The summed E-state index contributed by atoms with van der Waals surface area (Å²) in [4.78, 5) is 15.9. The third-order valence-corrected chi connectivity index (χ3v) is 5.42. The van der Waals surface area contributed by atoms with Crippen LogP contribution in [0.15, 0.2) is 24.5 Å². The number of hydrogen-bond acceptors (Lipinski definition) is 3. The van der Waals surface area contributed by atoms with Crippen LogP contribution in [-0.4, -0.2) is 29.0 Å². The number of thiophene rings is 1. The lowest BCUT2D eigenvalue weighted by Crippen LogP contribution is -2.29. The molecule has 5 heteroatoms. The molecule has 4 nitrogen and oxygen atoms in total. The fourth-order valence-corrected chi connectivity index (χ4v) is 4.28. The highest BCUT2D eigenvalue weighted by molar-refractivity contribution is 7.15. The first-order valence-electron chi connectivity index (χ1n) is 7.62. The van der Waals surface area contributed by atoms with E-state index in [1.807, 2.05) is 29.1 Å². The lowest BCUT2D eigenvalue weighted by atomic mass is 9.95. The second-order valence-electron chi connectivity index (χ2n) is 5.62. The zero-order valence-electron chi connectivity index (χ0n) is 12.7. The van der Waals surface area contributed by atoms with Gasteiger partial charge in [0.05, 0.1) is 18.1 Å². The monoisotopic (exact) mass is 313 g/mol. The van der Waals surface area contributed by atoms with E-state index in [0.717, 1.165) is 29.8 Å². The minimum atomic E-state index is 0.0401. The Balaban J connectivity index is 2.03. The summed E-state index contributed by atoms with van der Waals surface area (Å²) in [5, 5.41) is 9.75. The highest BCUT2D eigenvalue weighted by atomic mass is 32.1. The molecule has 0 radical (unpaired) electrons. The van der Waals surface area contributed by atoms with Crippen LogP contribution in [0, 0.1) is 11.3 Å². The third kappa shape index (κ3) is 2.67. The van der Waals surface area contributed by atoms with Crippen LogP contribution in [0.4, 0.5) is 0 Å². The Hall–Kier alpha value is -2.06. The number of aromatic nitrogens is 1. The Bertz CT molecular complexity index is 709. The maximum absolute atomic E-state index is 12.9. The molecule has 0 saturated heterocycles. The molecule has 2 aromatic rings. The maximum atomic E-state index is 12.9. The zero-order valence-corrected chi connectivity index (χ0v) is 13.5. The molecule has 3 rings (SSSR count). The van der Waals surface area contributed by atoms with Crippen LogP contribution < -0.4 is 0 Å². The van der Waals surface area contributed by atoms with E-state index in [4.69, 9.17) is 5.26 Å². The highest BCUT2D eigenvalue weighted by Crippen LogP contribution is 2.37. The number of fused-ring (bicyclic) bond motifs is 1. The van der Waals surface area contributed by atoms with Gasteiger partial charge in [0.2, 0.25) is 0 Å². The summed E-state index contributed by atoms with van der Waals surface area (Å²) in [5.74, 6) is 0.0401. The van der Waals surface area contributed by atoms with E-state index in [2.05, 4.69) is 6.07 Å². The van der Waals surface area contributed by atoms with Gasteiger partial charge in [-0.05, 0) is 43.4 Å². The van der Waals surface area contributed by atoms with E-state index in [1.54, 1.807) is 23.3 Å². The van der Waals surface area contributed by atoms with Gasteiger partial charge in [0.1, 0.15) is 5.00 Å². The molecule has 22 heavy (non-hydrogen) atoms. The molecule has 0 spiro atoms. The van der Waals surface area contributed by atoms with Crippen molar-refractivity contribution in [2.75, 3.05) is 13.6 Å². The number of nitrogens with zero attached hydrogens (tertiary/aromatic N) is 3. The molecule has 0 atom stereocenters. The van der Waals surface area contributed by atoms with Gasteiger partial charge in [0.25, 0.3) is 5.91 Å². The number of amides is 1. The first-order valence-corrected chi connectivity index (χ1v) is 8.44. The Morgan fingerprint density at radius 1 is 1.36 bits per heavy atom. The van der Waals surface area contributed by atoms with E-state index < -0.39 is 0 Å². The van der Waals surface area contributed by atoms with Crippen molar-refractivity contribution >= 4 is 17.2 Å². The van der Waals surface area contributed by atoms with Gasteiger partial charge in [0.15, 0.2) is 0 Å². The van der Waals surface area contributed by atoms with Crippen molar-refractivity contribution in [2.24, 2.45) is 0 Å². The second kappa shape index (κ2) is 6.37. The third-order valence-electron chi connectivity index (χ3n) is 4.11. The fraction of sp³-hybridized carbons (Fsp3) is 0.412. The van der Waals surface area contributed by atoms with Gasteiger partial charge >= 0.3 is 0 Å². The SMILES string of the molecule is CN(CCC#N)C(=O)c1c(-n2cccc2)sc2c1CCCC2. The summed E-state index contributed by atoms with van der Waals surface area (Å²) in [5.41, 5.74) is 2.07. The van der Waals surface area contributed by atoms with Gasteiger partial charge in [-0.15, -0.1) is 11.3 Å². The number of rotatable bonds is 4. The van der Waals surface area contributed by atoms with Gasteiger partial charge < -0.3 is 9.47 Å². The van der Waals surface area contributed by atoms with Crippen LogP contribution in [0.5, 0.6) is 0 Å². The summed E-state index contributed by atoms with van der Waals surface area (Å²) >= 11 is 1.74. The molecule has 2 aromatic heterocycles. The van der Waals surface area contributed by atoms with Gasteiger partial charge in [-0.3, -0.25) is 4.79 Å². The van der Waals surface area contributed by atoms with Crippen LogP contribution in [0.3, 0.4) is 0 Å². The summed E-state index contributed by atoms with van der Waals surface area (Å²) in [7, 11) is 1.78. The molecule has 0 aromatic carbocycles. The standard InChI is InChI=1S/C17H19N3OS/c1-19(10-6-9-18)16(21)15-13-7-2-3-8-14(13)22-17(15)20-11-4-5-12-20/h4-5,11-12H,2-3,6-8,10H2,1H3. The summed E-state index contributed by atoms with van der Waals surface area (Å²) in [6, 6.07) is 6.06. The topological polar surface area (TPSA) is 49.0 Å². The molecule has 0 saturated carbocycles. The van der Waals surface area contributed by atoms with E-state index >= 15 is 0 Å². The second-order valence-corrected chi connectivity index (χ2v) is 6.70. The van der Waals surface area contributed by atoms with Crippen molar-refractivity contribution in [1.82, 2.24) is 9.47 Å². The Morgan fingerprint density at radius 2 is 2.09 bits per heavy atom. The molecule has 1 aliphatic carbocycles. The minimum Gasteiger partial charge on any atom is -0.341 e. The maximum Gasteiger partial charge on any atom is 0.256 e. The molecule has 0 unspecified atom stereocenters. The Kier molecular flexibility index (Phi) is 4.30. The van der Waals surface area contributed by atoms with Crippen molar-refractivity contribution in [3.05, 3.63) is 40.5 Å². The molecular formula is C17H19N3OS. The lowest BCUT2D eigenvalue weighted by Gasteiger charge is -2.19. The van der Waals surface area contributed by atoms with Crippen molar-refractivity contribution < 1.29 is 4.79 Å². The molecule has 1 aliphatic rings. The van der Waals surface area contributed by atoms with Crippen molar-refractivity contribution in [2.45, 2.75) is 32.1 Å². The predicted octanol–water partition coefficient (Wildman–Crippen LogP) is 3.40. The summed E-state index contributed by atoms with van der Waals surface area (Å²) in [6.07, 6.45) is 8.76. The van der Waals surface area contributed by atoms with Gasteiger partial charge in [0, 0.05) is 30.9 Å². The summed E-state index contributed by atoms with van der Waals surface area (Å²) in [6.45, 7) is 0.477. The quantitative estimate of drug-likeness (QED) is 0.868. The largest absolute Gasteiger partial charge is 0.341 e. The Morgan fingerprint density at radius 3 is 2.82 bits per heavy atom. The normalized spacial score (nSPS) is 13.5. The minimum absolute atomic E-state index is 0.0401. The van der Waals surface area contributed by atoms with Gasteiger partial charge in [-0.25, -0.2) is 0 Å². The smallest absolute Gasteiger partial charge is 0.256 e. The number of carbonyl (C=O) groups is 1. The number of aryl methyl sites for hydroxylation is 1. The van der Waals surface area contributed by atoms with Crippen LogP contribution in [0.1, 0.15) is 40.1 Å². The molecule has 0 N–H and O–H groups in total. The summed E-state index contributed by atoms with van der Waals surface area (Å²) < 4.78 is 2.04. The molecule has 2 heterocycles. The van der Waals surface area contributed by atoms with Gasteiger partial charge in [-0.1, -0.05) is 0 Å². The Labute approximate surface area is 134 Å². The number of hydrogen-bond donors (Lipinski definition) is 0. The molecule has 0 bridgehead atoms. The van der Waals surface area contributed by atoms with Crippen molar-refractivity contribution in [1.29, 1.82) is 5.26 Å². The lowest BCUT2D eigenvalue weighted by molar-refractivity contribution is 0.0797. The van der Waals surface area contributed by atoms with E-state index in [9.17, 15) is 4.79 Å². The fourth-order valence-electron chi connectivity index (χ4n) is 2.93. The number of nitriles is 1. The van der Waals surface area contributed by atoms with Crippen LogP contribution >= 0.6 is 11.3 Å². The van der Waals surface area contributed by atoms with Crippen molar-refractivity contribution in [3.8, 4) is 11.1 Å². The molecule has 0 aliphatic heterocycles. The molecule has 0 fully saturated rings. The van der Waals surface area contributed by atoms with E-state index in [1.165, 1.54) is 16.9 Å². The predicted molar refractivity (Wildman–Crippen MR) is 87.5 cm³/mol. The molecular weight excluding hydrogens is 294 g/mol. The number of carbonyl (C=O) groups excluding carboxylic acids is 1. The first kappa shape index (κ1) is 14.9. The first-order chi connectivity index (χ1) is 10.7. The highest BCUT2D eigenvalue weighted by Gasteiger charge is 2.27. The van der Waals surface area contributed by atoms with Crippen LogP contribution in [-0.2, 0) is 12.8 Å². The molecule has 1 amide bonds. The van der Waals surface area contributed by atoms with E-state index in [0.29, 0.717) is 13.0 Å². The van der Waals surface area contributed by atoms with Crippen LogP contribution in [0.25, 0.3) is 5.00 Å². The van der Waals surface area contributed by atoms with E-state index in [-0.39, 0.29) is 5.91 Å². The molecule has 114 valence electrons. The average molecular weight is 313 g/mol.